The summed E-state index contributed by atoms with van der Waals surface area (Å²) in [6.45, 7) is 9.37. The molecule has 3 saturated heterocycles. The summed E-state index contributed by atoms with van der Waals surface area (Å²) in [5, 5.41) is 0. The first-order valence-corrected chi connectivity index (χ1v) is 10.5. The average molecular weight is 358 g/mol. The van der Waals surface area contributed by atoms with Gasteiger partial charge in [0.1, 0.15) is 0 Å². The second-order valence-corrected chi connectivity index (χ2v) is 8.79. The van der Waals surface area contributed by atoms with Crippen LogP contribution in [0, 0.1) is 17.8 Å². The van der Waals surface area contributed by atoms with Gasteiger partial charge in [0.15, 0.2) is 0 Å². The number of piperidine rings is 1. The van der Waals surface area contributed by atoms with E-state index in [0.29, 0.717) is 30.0 Å². The minimum atomic E-state index is 0.432. The lowest BCUT2D eigenvalue weighted by Crippen LogP contribution is -2.44. The molecule has 3 fully saturated rings. The van der Waals surface area contributed by atoms with Gasteiger partial charge in [-0.05, 0) is 49.8 Å². The van der Waals surface area contributed by atoms with Crippen LogP contribution < -0.4 is 21.7 Å². The van der Waals surface area contributed by atoms with Crippen molar-refractivity contribution < 1.29 is 0 Å². The van der Waals surface area contributed by atoms with Gasteiger partial charge in [-0.1, -0.05) is 44.2 Å². The fraction of sp³-hybridized carbons (Fsp3) is 0.714. The molecular weight excluding hydrogens is 322 g/mol. The van der Waals surface area contributed by atoms with Gasteiger partial charge in [-0.2, -0.15) is 0 Å². The van der Waals surface area contributed by atoms with E-state index >= 15 is 0 Å². The maximum Gasteiger partial charge on any atom is 0.0515 e. The molecule has 5 heteroatoms. The molecule has 4 N–H and O–H groups in total. The van der Waals surface area contributed by atoms with E-state index in [1.165, 1.54) is 44.5 Å². The first-order valence-electron chi connectivity index (χ1n) is 10.5. The summed E-state index contributed by atoms with van der Waals surface area (Å²) in [4.78, 5) is 2.69. The van der Waals surface area contributed by atoms with Crippen molar-refractivity contribution in [2.45, 2.75) is 51.2 Å². The van der Waals surface area contributed by atoms with Crippen molar-refractivity contribution in [2.24, 2.45) is 17.8 Å². The van der Waals surface area contributed by atoms with E-state index in [2.05, 4.69) is 70.8 Å². The first-order chi connectivity index (χ1) is 12.7. The van der Waals surface area contributed by atoms with Crippen LogP contribution in [0.25, 0.3) is 0 Å². The largest absolute Gasteiger partial charge is 0.303 e. The molecule has 4 atom stereocenters. The average Bonchev–Trinajstić information content (AvgIpc) is 3.33. The summed E-state index contributed by atoms with van der Waals surface area (Å²) in [6.07, 6.45) is 3.94. The fourth-order valence-electron chi connectivity index (χ4n) is 4.95. The van der Waals surface area contributed by atoms with Gasteiger partial charge < -0.3 is 4.90 Å². The lowest BCUT2D eigenvalue weighted by Gasteiger charge is -2.36. The Morgan fingerprint density at radius 1 is 1.04 bits per heavy atom. The van der Waals surface area contributed by atoms with Crippen molar-refractivity contribution in [3.8, 4) is 0 Å². The Hall–Kier alpha value is -0.980. The number of likely N-dealkylation sites (tertiary alicyclic amines) is 1. The highest BCUT2D eigenvalue weighted by Crippen LogP contribution is 2.30. The van der Waals surface area contributed by atoms with Crippen LogP contribution >= 0.6 is 0 Å². The quantitative estimate of drug-likeness (QED) is 0.650. The first kappa shape index (κ1) is 18.4. The molecule has 3 aliphatic rings. The third-order valence-corrected chi connectivity index (χ3v) is 6.71. The summed E-state index contributed by atoms with van der Waals surface area (Å²) in [5.41, 5.74) is 15.4. The number of nitrogens with zero attached hydrogens (tertiary/aromatic N) is 1. The van der Waals surface area contributed by atoms with Crippen molar-refractivity contribution in [1.82, 2.24) is 26.6 Å². The molecule has 1 aromatic rings. The third kappa shape index (κ3) is 4.12. The molecule has 0 amide bonds. The second kappa shape index (κ2) is 8.36. The van der Waals surface area contributed by atoms with E-state index in [1.54, 1.807) is 0 Å². The number of benzene rings is 1. The number of hydrogen-bond acceptors (Lipinski definition) is 5. The van der Waals surface area contributed by atoms with Gasteiger partial charge in [0, 0.05) is 31.1 Å². The highest BCUT2D eigenvalue weighted by molar-refractivity contribution is 5.20. The van der Waals surface area contributed by atoms with Crippen molar-refractivity contribution in [3.05, 3.63) is 35.9 Å². The molecular formula is C21H35N5. The molecule has 4 rings (SSSR count). The number of rotatable bonds is 5. The van der Waals surface area contributed by atoms with Crippen LogP contribution in [0.3, 0.4) is 0 Å². The molecule has 0 saturated carbocycles. The SMILES string of the molecule is CC(C)C1CC(C2CCN(CC3CNNC3c3ccccc3)CC2)NN1. The molecule has 0 spiro atoms. The molecule has 26 heavy (non-hydrogen) atoms. The Labute approximate surface area is 158 Å². The Bertz CT molecular complexity index is 555. The maximum absolute atomic E-state index is 3.59. The monoisotopic (exact) mass is 357 g/mol. The van der Waals surface area contributed by atoms with Gasteiger partial charge in [0.2, 0.25) is 0 Å². The highest BCUT2D eigenvalue weighted by Gasteiger charge is 2.35. The number of nitrogens with one attached hydrogen (secondary N) is 4. The third-order valence-electron chi connectivity index (χ3n) is 6.71. The van der Waals surface area contributed by atoms with Crippen molar-refractivity contribution in [3.63, 3.8) is 0 Å². The molecule has 3 heterocycles. The zero-order chi connectivity index (χ0) is 17.9. The zero-order valence-corrected chi connectivity index (χ0v) is 16.2. The molecule has 5 nitrogen and oxygen atoms in total. The van der Waals surface area contributed by atoms with E-state index in [0.717, 1.165) is 12.5 Å². The Morgan fingerprint density at radius 2 is 1.81 bits per heavy atom. The molecule has 144 valence electrons. The molecule has 3 aliphatic heterocycles. The van der Waals surface area contributed by atoms with Crippen LogP contribution in [0.5, 0.6) is 0 Å². The van der Waals surface area contributed by atoms with Crippen LogP contribution in [-0.4, -0.2) is 43.2 Å². The standard InChI is InChI=1S/C21H35N5/c1-15(2)19-12-20(24-23-19)16-8-10-26(11-9-16)14-18-13-22-25-21(18)17-6-4-3-5-7-17/h3-7,15-16,18-25H,8-14H2,1-2H3. The summed E-state index contributed by atoms with van der Waals surface area (Å²) < 4.78 is 0. The van der Waals surface area contributed by atoms with E-state index in [9.17, 15) is 0 Å². The minimum Gasteiger partial charge on any atom is -0.303 e. The Morgan fingerprint density at radius 3 is 2.50 bits per heavy atom. The van der Waals surface area contributed by atoms with Crippen molar-refractivity contribution >= 4 is 0 Å². The molecule has 1 aromatic carbocycles. The molecule has 0 aliphatic carbocycles. The van der Waals surface area contributed by atoms with Crippen LogP contribution in [0.2, 0.25) is 0 Å². The van der Waals surface area contributed by atoms with Crippen LogP contribution in [0.1, 0.15) is 44.7 Å². The highest BCUT2D eigenvalue weighted by atomic mass is 15.4. The van der Waals surface area contributed by atoms with E-state index in [-0.39, 0.29) is 0 Å². The predicted molar refractivity (Wildman–Crippen MR) is 106 cm³/mol. The lowest BCUT2D eigenvalue weighted by molar-refractivity contribution is 0.141. The molecule has 0 radical (unpaired) electrons. The van der Waals surface area contributed by atoms with Crippen LogP contribution in [0.4, 0.5) is 0 Å². The van der Waals surface area contributed by atoms with Gasteiger partial charge in [-0.15, -0.1) is 0 Å². The topological polar surface area (TPSA) is 51.4 Å². The summed E-state index contributed by atoms with van der Waals surface area (Å²) in [5.74, 6) is 2.18. The molecule has 0 aromatic heterocycles. The fourth-order valence-corrected chi connectivity index (χ4v) is 4.95. The predicted octanol–water partition coefficient (Wildman–Crippen LogP) is 2.05. The maximum atomic E-state index is 3.59. The minimum absolute atomic E-state index is 0.432. The van der Waals surface area contributed by atoms with E-state index < -0.39 is 0 Å². The van der Waals surface area contributed by atoms with Gasteiger partial charge in [-0.25, -0.2) is 5.43 Å². The van der Waals surface area contributed by atoms with Gasteiger partial charge in [0.25, 0.3) is 0 Å². The molecule has 4 unspecified atom stereocenters. The van der Waals surface area contributed by atoms with Gasteiger partial charge >= 0.3 is 0 Å². The van der Waals surface area contributed by atoms with Gasteiger partial charge in [0.05, 0.1) is 6.04 Å². The Balaban J connectivity index is 1.26. The van der Waals surface area contributed by atoms with Gasteiger partial charge in [-0.3, -0.25) is 16.3 Å². The summed E-state index contributed by atoms with van der Waals surface area (Å²) in [7, 11) is 0. The smallest absolute Gasteiger partial charge is 0.0515 e. The van der Waals surface area contributed by atoms with Crippen molar-refractivity contribution in [1.29, 1.82) is 0 Å². The van der Waals surface area contributed by atoms with Crippen LogP contribution in [0.15, 0.2) is 30.3 Å². The normalized spacial score (nSPS) is 34.0. The second-order valence-electron chi connectivity index (χ2n) is 8.79. The van der Waals surface area contributed by atoms with Crippen molar-refractivity contribution in [2.75, 3.05) is 26.2 Å². The summed E-state index contributed by atoms with van der Waals surface area (Å²) >= 11 is 0. The van der Waals surface area contributed by atoms with E-state index in [1.807, 2.05) is 0 Å². The number of hydrazine groups is 2. The summed E-state index contributed by atoms with van der Waals surface area (Å²) in [6, 6.07) is 12.6. The Kier molecular flexibility index (Phi) is 5.91. The number of hydrogen-bond donors (Lipinski definition) is 4. The molecule has 0 bridgehead atoms. The van der Waals surface area contributed by atoms with E-state index in [4.69, 9.17) is 0 Å². The van der Waals surface area contributed by atoms with Crippen LogP contribution in [-0.2, 0) is 0 Å². The lowest BCUT2D eigenvalue weighted by atomic mass is 9.85. The zero-order valence-electron chi connectivity index (χ0n) is 16.2.